The van der Waals surface area contributed by atoms with Crippen molar-refractivity contribution < 1.29 is 0 Å². The van der Waals surface area contributed by atoms with E-state index >= 15 is 0 Å². The number of nitrogens with zero attached hydrogens (tertiary/aromatic N) is 1. The lowest BCUT2D eigenvalue weighted by molar-refractivity contribution is 0.391. The molecule has 0 spiro atoms. The molecule has 1 aliphatic rings. The van der Waals surface area contributed by atoms with Crippen LogP contribution in [0.2, 0.25) is 5.15 Å². The summed E-state index contributed by atoms with van der Waals surface area (Å²) in [6, 6.07) is 2.04. The van der Waals surface area contributed by atoms with Crippen LogP contribution in [0.15, 0.2) is 16.7 Å². The molecule has 2 rings (SSSR count). The highest BCUT2D eigenvalue weighted by atomic mass is 79.9. The first-order valence-electron chi connectivity index (χ1n) is 4.97. The van der Waals surface area contributed by atoms with Gasteiger partial charge in [0.05, 0.1) is 0 Å². The largest absolute Gasteiger partial charge is 0.325 e. The SMILES string of the molecule is CC(C)(N)C1(c2cc(Br)cnc2Cl)CC1. The van der Waals surface area contributed by atoms with E-state index in [4.69, 9.17) is 17.3 Å². The third-order valence-electron chi connectivity index (χ3n) is 3.30. The van der Waals surface area contributed by atoms with Crippen molar-refractivity contribution in [3.8, 4) is 0 Å². The summed E-state index contributed by atoms with van der Waals surface area (Å²) < 4.78 is 0.956. The molecule has 0 radical (unpaired) electrons. The van der Waals surface area contributed by atoms with E-state index in [0.29, 0.717) is 5.15 Å². The smallest absolute Gasteiger partial charge is 0.132 e. The molecule has 0 saturated heterocycles. The lowest BCUT2D eigenvalue weighted by Gasteiger charge is -2.31. The van der Waals surface area contributed by atoms with Crippen LogP contribution >= 0.6 is 27.5 Å². The lowest BCUT2D eigenvalue weighted by Crippen LogP contribution is -2.45. The molecule has 82 valence electrons. The highest BCUT2D eigenvalue weighted by molar-refractivity contribution is 9.10. The summed E-state index contributed by atoms with van der Waals surface area (Å²) in [5.41, 5.74) is 7.06. The van der Waals surface area contributed by atoms with Crippen molar-refractivity contribution in [2.75, 3.05) is 0 Å². The van der Waals surface area contributed by atoms with Crippen molar-refractivity contribution in [3.05, 3.63) is 27.5 Å². The predicted octanol–water partition coefficient (Wildman–Crippen LogP) is 3.27. The number of hydrogen-bond donors (Lipinski definition) is 1. The zero-order chi connectivity index (χ0) is 11.3. The Bertz CT molecular complexity index is 394. The number of rotatable bonds is 2. The average molecular weight is 290 g/mol. The van der Waals surface area contributed by atoms with Gasteiger partial charge in [0.15, 0.2) is 0 Å². The summed E-state index contributed by atoms with van der Waals surface area (Å²) in [4.78, 5) is 4.16. The molecule has 1 heterocycles. The van der Waals surface area contributed by atoms with Gasteiger partial charge in [0.1, 0.15) is 5.15 Å². The zero-order valence-corrected chi connectivity index (χ0v) is 11.2. The summed E-state index contributed by atoms with van der Waals surface area (Å²) in [6.07, 6.45) is 3.90. The molecule has 0 aromatic carbocycles. The first kappa shape index (κ1) is 11.4. The van der Waals surface area contributed by atoms with E-state index in [1.165, 1.54) is 0 Å². The quantitative estimate of drug-likeness (QED) is 0.849. The highest BCUT2D eigenvalue weighted by Crippen LogP contribution is 2.56. The van der Waals surface area contributed by atoms with Gasteiger partial charge in [-0.3, -0.25) is 0 Å². The molecule has 15 heavy (non-hydrogen) atoms. The Morgan fingerprint density at radius 2 is 2.13 bits per heavy atom. The second-order valence-corrected chi connectivity index (χ2v) is 6.07. The molecule has 1 aromatic rings. The molecule has 1 aliphatic carbocycles. The Balaban J connectivity index is 2.50. The number of hydrogen-bond acceptors (Lipinski definition) is 2. The van der Waals surface area contributed by atoms with Crippen LogP contribution in [0.3, 0.4) is 0 Å². The van der Waals surface area contributed by atoms with Crippen LogP contribution in [0.5, 0.6) is 0 Å². The van der Waals surface area contributed by atoms with E-state index in [1.54, 1.807) is 6.20 Å². The normalized spacial score (nSPS) is 19.0. The second kappa shape index (κ2) is 3.44. The van der Waals surface area contributed by atoms with Crippen LogP contribution in [0.25, 0.3) is 0 Å². The van der Waals surface area contributed by atoms with E-state index in [2.05, 4.69) is 34.8 Å². The fourth-order valence-electron chi connectivity index (χ4n) is 2.14. The number of pyridine rings is 1. The molecule has 0 unspecified atom stereocenters. The van der Waals surface area contributed by atoms with Crippen molar-refractivity contribution in [2.45, 2.75) is 37.6 Å². The van der Waals surface area contributed by atoms with E-state index in [0.717, 1.165) is 22.9 Å². The maximum Gasteiger partial charge on any atom is 0.132 e. The van der Waals surface area contributed by atoms with Crippen LogP contribution in [0, 0.1) is 0 Å². The molecule has 0 atom stereocenters. The second-order valence-electron chi connectivity index (χ2n) is 4.80. The maximum absolute atomic E-state index is 6.22. The van der Waals surface area contributed by atoms with Crippen LogP contribution in [-0.4, -0.2) is 10.5 Å². The number of aromatic nitrogens is 1. The van der Waals surface area contributed by atoms with Crippen molar-refractivity contribution in [1.29, 1.82) is 0 Å². The van der Waals surface area contributed by atoms with Gasteiger partial charge < -0.3 is 5.73 Å². The van der Waals surface area contributed by atoms with Crippen LogP contribution in [-0.2, 0) is 5.41 Å². The Hall–Kier alpha value is -0.120. The molecule has 1 saturated carbocycles. The van der Waals surface area contributed by atoms with Gasteiger partial charge in [-0.25, -0.2) is 4.98 Å². The van der Waals surface area contributed by atoms with E-state index in [1.807, 2.05) is 6.07 Å². The molecule has 4 heteroatoms. The van der Waals surface area contributed by atoms with Gasteiger partial charge in [-0.05, 0) is 54.2 Å². The Morgan fingerprint density at radius 1 is 1.53 bits per heavy atom. The molecule has 0 amide bonds. The summed E-state index contributed by atoms with van der Waals surface area (Å²) in [7, 11) is 0. The zero-order valence-electron chi connectivity index (χ0n) is 8.85. The average Bonchev–Trinajstić information content (AvgIpc) is 2.88. The molecule has 1 fully saturated rings. The molecule has 1 aromatic heterocycles. The van der Waals surface area contributed by atoms with E-state index in [-0.39, 0.29) is 11.0 Å². The van der Waals surface area contributed by atoms with Gasteiger partial charge in [0.25, 0.3) is 0 Å². The maximum atomic E-state index is 6.22. The fourth-order valence-corrected chi connectivity index (χ4v) is 2.76. The van der Waals surface area contributed by atoms with Crippen molar-refractivity contribution in [2.24, 2.45) is 5.73 Å². The Labute approximate surface area is 103 Å². The Morgan fingerprint density at radius 3 is 2.60 bits per heavy atom. The molecule has 0 bridgehead atoms. The van der Waals surface area contributed by atoms with Gasteiger partial charge >= 0.3 is 0 Å². The third kappa shape index (κ3) is 1.81. The van der Waals surface area contributed by atoms with Crippen molar-refractivity contribution in [1.82, 2.24) is 4.98 Å². The fraction of sp³-hybridized carbons (Fsp3) is 0.545. The Kier molecular flexibility index (Phi) is 2.61. The summed E-state index contributed by atoms with van der Waals surface area (Å²) >= 11 is 9.56. The minimum atomic E-state index is -0.251. The number of halogens is 2. The highest BCUT2D eigenvalue weighted by Gasteiger charge is 2.54. The number of nitrogens with two attached hydrogens (primary N) is 1. The van der Waals surface area contributed by atoms with E-state index < -0.39 is 0 Å². The van der Waals surface area contributed by atoms with Crippen molar-refractivity contribution in [3.63, 3.8) is 0 Å². The standard InChI is InChI=1S/C11H14BrClN2/c1-10(2,14)11(3-4-11)8-5-7(12)6-15-9(8)13/h5-6H,3-4,14H2,1-2H3. The molecular formula is C11H14BrClN2. The molecule has 2 N–H and O–H groups in total. The van der Waals surface area contributed by atoms with Crippen LogP contribution in [0.4, 0.5) is 0 Å². The predicted molar refractivity (Wildman–Crippen MR) is 66.1 cm³/mol. The van der Waals surface area contributed by atoms with Gasteiger partial charge in [-0.15, -0.1) is 0 Å². The van der Waals surface area contributed by atoms with E-state index in [9.17, 15) is 0 Å². The summed E-state index contributed by atoms with van der Waals surface area (Å²) in [5.74, 6) is 0. The minimum absolute atomic E-state index is 0.0147. The van der Waals surface area contributed by atoms with Gasteiger partial charge in [0, 0.05) is 21.6 Å². The summed E-state index contributed by atoms with van der Waals surface area (Å²) in [6.45, 7) is 4.11. The monoisotopic (exact) mass is 288 g/mol. The molecule has 2 nitrogen and oxygen atoms in total. The van der Waals surface area contributed by atoms with Crippen molar-refractivity contribution >= 4 is 27.5 Å². The molecule has 0 aliphatic heterocycles. The van der Waals surface area contributed by atoms with Gasteiger partial charge in [0.2, 0.25) is 0 Å². The lowest BCUT2D eigenvalue weighted by atomic mass is 9.80. The molecular weight excluding hydrogens is 275 g/mol. The minimum Gasteiger partial charge on any atom is -0.325 e. The topological polar surface area (TPSA) is 38.9 Å². The van der Waals surface area contributed by atoms with Crippen LogP contribution < -0.4 is 5.73 Å². The van der Waals surface area contributed by atoms with Crippen LogP contribution in [0.1, 0.15) is 32.3 Å². The third-order valence-corrected chi connectivity index (χ3v) is 4.04. The first-order valence-corrected chi connectivity index (χ1v) is 6.14. The summed E-state index contributed by atoms with van der Waals surface area (Å²) in [5, 5.41) is 0.578. The van der Waals surface area contributed by atoms with Gasteiger partial charge in [-0.2, -0.15) is 0 Å². The van der Waals surface area contributed by atoms with Gasteiger partial charge in [-0.1, -0.05) is 11.6 Å². The first-order chi connectivity index (χ1) is 6.87.